The quantitative estimate of drug-likeness (QED) is 0.520. The maximum absolute atomic E-state index is 14.3. The minimum Gasteiger partial charge on any atom is -0.470 e. The maximum atomic E-state index is 14.3. The van der Waals surface area contributed by atoms with Crippen LogP contribution in [0.2, 0.25) is 0 Å². The van der Waals surface area contributed by atoms with E-state index in [-0.39, 0.29) is 17.2 Å². The van der Waals surface area contributed by atoms with E-state index < -0.39 is 11.3 Å². The Bertz CT molecular complexity index is 970. The molecule has 2 aromatic heterocycles. The lowest BCUT2D eigenvalue weighted by molar-refractivity contribution is -0.124. The van der Waals surface area contributed by atoms with Gasteiger partial charge in [0.1, 0.15) is 16.3 Å². The van der Waals surface area contributed by atoms with Gasteiger partial charge >= 0.3 is 0 Å². The van der Waals surface area contributed by atoms with Crippen LogP contribution in [0, 0.1) is 18.2 Å². The Morgan fingerprint density at radius 2 is 2.31 bits per heavy atom. The summed E-state index contributed by atoms with van der Waals surface area (Å²) in [5.74, 6) is 1.84. The Labute approximate surface area is 158 Å². The van der Waals surface area contributed by atoms with Crippen molar-refractivity contribution in [1.82, 2.24) is 15.3 Å². The van der Waals surface area contributed by atoms with Crippen LogP contribution < -0.4 is 10.1 Å². The maximum Gasteiger partial charge on any atom is 0.272 e. The molecule has 26 heavy (non-hydrogen) atoms. The number of nitrogens with one attached hydrogen (secondary N) is 1. The van der Waals surface area contributed by atoms with E-state index in [0.717, 1.165) is 5.01 Å². The van der Waals surface area contributed by atoms with Gasteiger partial charge in [-0.2, -0.15) is 0 Å². The van der Waals surface area contributed by atoms with Crippen molar-refractivity contribution in [3.8, 4) is 18.1 Å². The van der Waals surface area contributed by atoms with Crippen LogP contribution in [-0.2, 0) is 11.3 Å². The Hall–Kier alpha value is -2.63. The third-order valence-corrected chi connectivity index (χ3v) is 4.96. The number of rotatable bonds is 6. The molecule has 0 aliphatic heterocycles. The summed E-state index contributed by atoms with van der Waals surface area (Å²) in [7, 11) is 0. The van der Waals surface area contributed by atoms with E-state index in [9.17, 15) is 9.18 Å². The Morgan fingerprint density at radius 3 is 3.00 bits per heavy atom. The first-order chi connectivity index (χ1) is 12.6. The molecule has 1 unspecified atom stereocenters. The van der Waals surface area contributed by atoms with Crippen molar-refractivity contribution in [2.45, 2.75) is 12.0 Å². The zero-order valence-electron chi connectivity index (χ0n) is 13.7. The zero-order valence-corrected chi connectivity index (χ0v) is 15.4. The van der Waals surface area contributed by atoms with Crippen LogP contribution in [0.4, 0.5) is 4.39 Å². The van der Waals surface area contributed by atoms with Crippen molar-refractivity contribution < 1.29 is 13.9 Å². The van der Waals surface area contributed by atoms with E-state index in [1.807, 2.05) is 5.38 Å². The standard InChI is InChI=1S/C18H14FN3O2S2/c1-3-11-6-12-7-13(8-14(19)16(12)21-9-11)24-18(25-2)17(23)22-10-15-20-4-5-26-15/h1,4-9,18H,10H2,2H3,(H,22,23). The largest absolute Gasteiger partial charge is 0.470 e. The van der Waals surface area contributed by atoms with Gasteiger partial charge in [-0.25, -0.2) is 9.37 Å². The summed E-state index contributed by atoms with van der Waals surface area (Å²) < 4.78 is 19.9. The lowest BCUT2D eigenvalue weighted by Gasteiger charge is -2.17. The third-order valence-electron chi connectivity index (χ3n) is 3.45. The fourth-order valence-corrected chi connectivity index (χ4v) is 3.31. The van der Waals surface area contributed by atoms with Gasteiger partial charge < -0.3 is 10.1 Å². The van der Waals surface area contributed by atoms with Crippen molar-refractivity contribution in [3.63, 3.8) is 0 Å². The molecule has 0 bridgehead atoms. The predicted molar refractivity (Wildman–Crippen MR) is 102 cm³/mol. The van der Waals surface area contributed by atoms with Crippen LogP contribution in [0.3, 0.4) is 0 Å². The first-order valence-electron chi connectivity index (χ1n) is 7.52. The first-order valence-corrected chi connectivity index (χ1v) is 9.69. The second-order valence-electron chi connectivity index (χ2n) is 5.17. The number of hydrogen-bond donors (Lipinski definition) is 1. The fraction of sp³-hybridized carbons (Fsp3) is 0.167. The number of benzene rings is 1. The van der Waals surface area contributed by atoms with Crippen molar-refractivity contribution in [2.24, 2.45) is 0 Å². The average molecular weight is 387 g/mol. The van der Waals surface area contributed by atoms with Crippen LogP contribution in [0.1, 0.15) is 10.6 Å². The van der Waals surface area contributed by atoms with Crippen LogP contribution >= 0.6 is 23.1 Å². The molecule has 2 heterocycles. The third kappa shape index (κ3) is 4.12. The topological polar surface area (TPSA) is 64.1 Å². The number of amides is 1. The highest BCUT2D eigenvalue weighted by molar-refractivity contribution is 7.99. The molecule has 3 rings (SSSR count). The molecule has 0 fully saturated rings. The number of hydrogen-bond acceptors (Lipinski definition) is 6. The van der Waals surface area contributed by atoms with Crippen LogP contribution in [0.5, 0.6) is 5.75 Å². The molecule has 0 aliphatic rings. The molecule has 3 aromatic rings. The van der Waals surface area contributed by atoms with E-state index in [1.165, 1.54) is 35.4 Å². The number of terminal acetylenes is 1. The molecule has 0 saturated carbocycles. The van der Waals surface area contributed by atoms with E-state index >= 15 is 0 Å². The molecule has 1 amide bonds. The molecule has 8 heteroatoms. The van der Waals surface area contributed by atoms with E-state index in [1.54, 1.807) is 24.6 Å². The van der Waals surface area contributed by atoms with Crippen molar-refractivity contribution in [1.29, 1.82) is 0 Å². The first kappa shape index (κ1) is 18.2. The second-order valence-corrected chi connectivity index (χ2v) is 7.05. The van der Waals surface area contributed by atoms with Crippen LogP contribution in [0.25, 0.3) is 10.9 Å². The number of thioether (sulfide) groups is 1. The lowest BCUT2D eigenvalue weighted by atomic mass is 10.1. The number of pyridine rings is 1. The van der Waals surface area contributed by atoms with Crippen molar-refractivity contribution in [2.75, 3.05) is 6.26 Å². The smallest absolute Gasteiger partial charge is 0.272 e. The minimum absolute atomic E-state index is 0.199. The average Bonchev–Trinajstić information content (AvgIpc) is 3.17. The Balaban J connectivity index is 1.76. The van der Waals surface area contributed by atoms with Gasteiger partial charge in [-0.15, -0.1) is 29.5 Å². The van der Waals surface area contributed by atoms with Gasteiger partial charge in [-0.3, -0.25) is 9.78 Å². The van der Waals surface area contributed by atoms with Crippen molar-refractivity contribution in [3.05, 3.63) is 52.4 Å². The molecule has 0 spiro atoms. The number of nitrogens with zero attached hydrogens (tertiary/aromatic N) is 2. The zero-order chi connectivity index (χ0) is 18.5. The molecule has 1 atom stereocenters. The molecule has 132 valence electrons. The molecule has 1 N–H and O–H groups in total. The fourth-order valence-electron chi connectivity index (χ4n) is 2.25. The molecular weight excluding hydrogens is 373 g/mol. The van der Waals surface area contributed by atoms with Gasteiger partial charge in [0.05, 0.1) is 6.54 Å². The molecule has 0 radical (unpaired) electrons. The summed E-state index contributed by atoms with van der Waals surface area (Å²) >= 11 is 2.66. The van der Waals surface area contributed by atoms with Gasteiger partial charge in [0.15, 0.2) is 5.82 Å². The van der Waals surface area contributed by atoms with Gasteiger partial charge in [0.2, 0.25) is 5.44 Å². The summed E-state index contributed by atoms with van der Waals surface area (Å²) in [5, 5.41) is 5.90. The van der Waals surface area contributed by atoms with Gasteiger partial charge in [0.25, 0.3) is 5.91 Å². The molecule has 5 nitrogen and oxygen atoms in total. The SMILES string of the molecule is C#Cc1cnc2c(F)cc(OC(SC)C(=O)NCc3nccs3)cc2c1. The Morgan fingerprint density at radius 1 is 1.46 bits per heavy atom. The normalized spacial score (nSPS) is 11.7. The summed E-state index contributed by atoms with van der Waals surface area (Å²) in [6.07, 6.45) is 10.2. The van der Waals surface area contributed by atoms with E-state index in [0.29, 0.717) is 17.5 Å². The molecule has 1 aromatic carbocycles. The number of ether oxygens (including phenoxy) is 1. The second kappa shape index (κ2) is 8.17. The van der Waals surface area contributed by atoms with Crippen LogP contribution in [-0.4, -0.2) is 27.6 Å². The molecular formula is C18H14FN3O2S2. The minimum atomic E-state index is -0.824. The Kier molecular flexibility index (Phi) is 5.71. The highest BCUT2D eigenvalue weighted by Crippen LogP contribution is 2.26. The lowest BCUT2D eigenvalue weighted by Crippen LogP contribution is -2.35. The van der Waals surface area contributed by atoms with Gasteiger partial charge in [-0.05, 0) is 18.4 Å². The number of fused-ring (bicyclic) bond motifs is 1. The highest BCUT2D eigenvalue weighted by Gasteiger charge is 2.20. The number of aromatic nitrogens is 2. The van der Waals surface area contributed by atoms with Crippen LogP contribution in [0.15, 0.2) is 36.0 Å². The summed E-state index contributed by atoms with van der Waals surface area (Å²) in [4.78, 5) is 20.4. The molecule has 0 saturated heterocycles. The summed E-state index contributed by atoms with van der Waals surface area (Å²) in [5.41, 5.74) is -0.0856. The van der Waals surface area contributed by atoms with Crippen molar-refractivity contribution >= 4 is 39.9 Å². The molecule has 0 aliphatic carbocycles. The summed E-state index contributed by atoms with van der Waals surface area (Å²) in [6, 6.07) is 4.47. The number of halogens is 1. The van der Waals surface area contributed by atoms with Gasteiger partial charge in [0, 0.05) is 34.8 Å². The van der Waals surface area contributed by atoms with E-state index in [4.69, 9.17) is 11.2 Å². The summed E-state index contributed by atoms with van der Waals surface area (Å²) in [6.45, 7) is 0.318. The highest BCUT2D eigenvalue weighted by atomic mass is 32.2. The number of carbonyl (C=O) groups is 1. The van der Waals surface area contributed by atoms with E-state index in [2.05, 4.69) is 21.2 Å². The monoisotopic (exact) mass is 387 g/mol. The number of carbonyl (C=O) groups excluding carboxylic acids is 1. The predicted octanol–water partition coefficient (Wildman–Crippen LogP) is 3.20. The van der Waals surface area contributed by atoms with Gasteiger partial charge in [-0.1, -0.05) is 5.92 Å². The number of thiazole rings is 1.